The minimum atomic E-state index is -0.481. The molecule has 4 aromatic rings. The highest BCUT2D eigenvalue weighted by atomic mass is 35.5. The number of aromatic nitrogens is 2. The van der Waals surface area contributed by atoms with E-state index in [0.717, 1.165) is 26.1 Å². The standard InChI is InChI=1S/C17H11ClN2O2S/c18-15-10-5-1-2-6-11(10)20-16(15)17(21)22-9-14-19-12-7-3-4-8-13(12)23-14/h1-8,20H,9H2. The molecule has 0 bridgehead atoms. The second kappa shape index (κ2) is 5.68. The number of carbonyl (C=O) groups excluding carboxylic acids is 1. The zero-order valence-electron chi connectivity index (χ0n) is 11.9. The van der Waals surface area contributed by atoms with Crippen molar-refractivity contribution in [2.75, 3.05) is 0 Å². The minimum Gasteiger partial charge on any atom is -0.454 e. The topological polar surface area (TPSA) is 55.0 Å². The van der Waals surface area contributed by atoms with Crippen molar-refractivity contribution in [3.63, 3.8) is 0 Å². The molecule has 1 N–H and O–H groups in total. The van der Waals surface area contributed by atoms with E-state index in [1.807, 2.05) is 48.5 Å². The monoisotopic (exact) mass is 342 g/mol. The summed E-state index contributed by atoms with van der Waals surface area (Å²) in [7, 11) is 0. The van der Waals surface area contributed by atoms with Gasteiger partial charge in [0.2, 0.25) is 0 Å². The third-order valence-electron chi connectivity index (χ3n) is 3.51. The number of rotatable bonds is 3. The first-order valence-electron chi connectivity index (χ1n) is 7.00. The summed E-state index contributed by atoms with van der Waals surface area (Å²) in [6.45, 7) is 0.129. The first kappa shape index (κ1) is 14.2. The SMILES string of the molecule is O=C(OCc1nc2ccccc2s1)c1[nH]c2ccccc2c1Cl. The summed E-state index contributed by atoms with van der Waals surface area (Å²) in [5, 5.41) is 1.95. The van der Waals surface area contributed by atoms with Gasteiger partial charge in [0, 0.05) is 10.9 Å². The van der Waals surface area contributed by atoms with E-state index in [2.05, 4.69) is 9.97 Å². The average Bonchev–Trinajstić information content (AvgIpc) is 3.14. The minimum absolute atomic E-state index is 0.129. The number of hydrogen-bond donors (Lipinski definition) is 1. The van der Waals surface area contributed by atoms with Crippen LogP contribution in [-0.4, -0.2) is 15.9 Å². The Balaban J connectivity index is 1.56. The number of halogens is 1. The number of thiazole rings is 1. The zero-order chi connectivity index (χ0) is 15.8. The van der Waals surface area contributed by atoms with E-state index in [9.17, 15) is 4.79 Å². The van der Waals surface area contributed by atoms with Crippen molar-refractivity contribution < 1.29 is 9.53 Å². The largest absolute Gasteiger partial charge is 0.454 e. The fraction of sp³-hybridized carbons (Fsp3) is 0.0588. The second-order valence-electron chi connectivity index (χ2n) is 5.01. The predicted octanol–water partition coefficient (Wildman–Crippen LogP) is 4.79. The number of benzene rings is 2. The predicted molar refractivity (Wildman–Crippen MR) is 92.0 cm³/mol. The molecule has 2 aromatic carbocycles. The van der Waals surface area contributed by atoms with E-state index in [1.165, 1.54) is 11.3 Å². The smallest absolute Gasteiger partial charge is 0.356 e. The van der Waals surface area contributed by atoms with Crippen LogP contribution in [0.2, 0.25) is 5.02 Å². The Morgan fingerprint density at radius 3 is 2.78 bits per heavy atom. The Kier molecular flexibility index (Phi) is 3.52. The fourth-order valence-electron chi connectivity index (χ4n) is 2.43. The molecular formula is C17H11ClN2O2S. The normalized spacial score (nSPS) is 11.2. The van der Waals surface area contributed by atoms with Crippen molar-refractivity contribution >= 4 is 50.0 Å². The molecule has 0 aliphatic carbocycles. The summed E-state index contributed by atoms with van der Waals surface area (Å²) in [4.78, 5) is 19.7. The number of ether oxygens (including phenoxy) is 1. The molecule has 0 saturated carbocycles. The highest BCUT2D eigenvalue weighted by Crippen LogP contribution is 2.28. The second-order valence-corrected chi connectivity index (χ2v) is 6.50. The third kappa shape index (κ3) is 2.58. The summed E-state index contributed by atoms with van der Waals surface area (Å²) >= 11 is 7.77. The van der Waals surface area contributed by atoms with E-state index in [4.69, 9.17) is 16.3 Å². The number of nitrogens with one attached hydrogen (secondary N) is 1. The molecule has 2 aromatic heterocycles. The van der Waals surface area contributed by atoms with Crippen LogP contribution in [0.3, 0.4) is 0 Å². The van der Waals surface area contributed by atoms with Gasteiger partial charge < -0.3 is 9.72 Å². The van der Waals surface area contributed by atoms with Crippen LogP contribution in [0.5, 0.6) is 0 Å². The molecule has 0 aliphatic heterocycles. The lowest BCUT2D eigenvalue weighted by molar-refractivity contribution is 0.0467. The van der Waals surface area contributed by atoms with E-state index in [1.54, 1.807) is 0 Å². The molecule has 0 saturated heterocycles. The van der Waals surface area contributed by atoms with Crippen LogP contribution in [0.1, 0.15) is 15.5 Å². The molecule has 114 valence electrons. The first-order chi connectivity index (χ1) is 11.2. The van der Waals surface area contributed by atoms with Crippen molar-refractivity contribution in [2.24, 2.45) is 0 Å². The molecule has 6 heteroatoms. The van der Waals surface area contributed by atoms with Crippen LogP contribution in [0, 0.1) is 0 Å². The van der Waals surface area contributed by atoms with Gasteiger partial charge in [0.05, 0.1) is 15.2 Å². The van der Waals surface area contributed by atoms with Crippen molar-refractivity contribution in [2.45, 2.75) is 6.61 Å². The van der Waals surface area contributed by atoms with E-state index < -0.39 is 5.97 Å². The lowest BCUT2D eigenvalue weighted by Crippen LogP contribution is -2.06. The molecule has 0 aliphatic rings. The van der Waals surface area contributed by atoms with Crippen LogP contribution in [0.4, 0.5) is 0 Å². The fourth-order valence-corrected chi connectivity index (χ4v) is 3.60. The quantitative estimate of drug-likeness (QED) is 0.545. The highest BCUT2D eigenvalue weighted by Gasteiger charge is 2.18. The van der Waals surface area contributed by atoms with E-state index >= 15 is 0 Å². The molecule has 0 atom stereocenters. The first-order valence-corrected chi connectivity index (χ1v) is 8.19. The lowest BCUT2D eigenvalue weighted by Gasteiger charge is -2.01. The molecule has 23 heavy (non-hydrogen) atoms. The average molecular weight is 343 g/mol. The summed E-state index contributed by atoms with van der Waals surface area (Å²) in [5.74, 6) is -0.481. The molecule has 0 unspecified atom stereocenters. The molecule has 0 spiro atoms. The maximum Gasteiger partial charge on any atom is 0.356 e. The molecular weight excluding hydrogens is 332 g/mol. The van der Waals surface area contributed by atoms with E-state index in [0.29, 0.717) is 5.02 Å². The van der Waals surface area contributed by atoms with Gasteiger partial charge in [0.25, 0.3) is 0 Å². The van der Waals surface area contributed by atoms with Gasteiger partial charge in [-0.3, -0.25) is 0 Å². The van der Waals surface area contributed by atoms with Crippen molar-refractivity contribution in [3.8, 4) is 0 Å². The molecule has 2 heterocycles. The number of carbonyl (C=O) groups is 1. The van der Waals surface area contributed by atoms with Gasteiger partial charge in [-0.15, -0.1) is 11.3 Å². The van der Waals surface area contributed by atoms with E-state index in [-0.39, 0.29) is 12.3 Å². The summed E-state index contributed by atoms with van der Waals surface area (Å²) in [6, 6.07) is 15.3. The highest BCUT2D eigenvalue weighted by molar-refractivity contribution is 7.18. The van der Waals surface area contributed by atoms with Crippen LogP contribution in [0.15, 0.2) is 48.5 Å². The third-order valence-corrected chi connectivity index (χ3v) is 4.91. The van der Waals surface area contributed by atoms with Crippen LogP contribution < -0.4 is 0 Å². The summed E-state index contributed by atoms with van der Waals surface area (Å²) in [6.07, 6.45) is 0. The number of H-pyrrole nitrogens is 1. The molecule has 0 amide bonds. The number of fused-ring (bicyclic) bond motifs is 2. The Morgan fingerprint density at radius 2 is 1.96 bits per heavy atom. The van der Waals surface area contributed by atoms with Crippen molar-refractivity contribution in [1.29, 1.82) is 0 Å². The molecule has 4 nitrogen and oxygen atoms in total. The van der Waals surface area contributed by atoms with Gasteiger partial charge in [-0.2, -0.15) is 0 Å². The zero-order valence-corrected chi connectivity index (χ0v) is 13.4. The maximum atomic E-state index is 12.3. The van der Waals surface area contributed by atoms with Gasteiger partial charge in [-0.05, 0) is 18.2 Å². The van der Waals surface area contributed by atoms with Crippen molar-refractivity contribution in [3.05, 3.63) is 64.3 Å². The van der Waals surface area contributed by atoms with Crippen LogP contribution in [0.25, 0.3) is 21.1 Å². The van der Waals surface area contributed by atoms with Gasteiger partial charge in [0.15, 0.2) is 0 Å². The Hall–Kier alpha value is -2.37. The van der Waals surface area contributed by atoms with Crippen molar-refractivity contribution in [1.82, 2.24) is 9.97 Å². The summed E-state index contributed by atoms with van der Waals surface area (Å²) < 4.78 is 6.42. The molecule has 0 fully saturated rings. The Labute approximate surface area is 140 Å². The lowest BCUT2D eigenvalue weighted by atomic mass is 10.2. The van der Waals surface area contributed by atoms with Gasteiger partial charge in [-0.1, -0.05) is 41.9 Å². The Morgan fingerprint density at radius 1 is 1.17 bits per heavy atom. The van der Waals surface area contributed by atoms with Gasteiger partial charge in [-0.25, -0.2) is 9.78 Å². The molecule has 4 rings (SSSR count). The van der Waals surface area contributed by atoms with Gasteiger partial charge >= 0.3 is 5.97 Å². The number of esters is 1. The number of para-hydroxylation sites is 2. The van der Waals surface area contributed by atoms with Crippen LogP contribution >= 0.6 is 22.9 Å². The molecule has 0 radical (unpaired) electrons. The summed E-state index contributed by atoms with van der Waals surface area (Å²) in [5.41, 5.74) is 1.99. The van der Waals surface area contributed by atoms with Crippen LogP contribution in [-0.2, 0) is 11.3 Å². The number of aromatic amines is 1. The van der Waals surface area contributed by atoms with Gasteiger partial charge in [0.1, 0.15) is 17.3 Å². The maximum absolute atomic E-state index is 12.3. The number of hydrogen-bond acceptors (Lipinski definition) is 4. The Bertz CT molecular complexity index is 989. The number of nitrogens with zero attached hydrogens (tertiary/aromatic N) is 1.